The van der Waals surface area contributed by atoms with Gasteiger partial charge in [-0.15, -0.1) is 0 Å². The zero-order valence-electron chi connectivity index (χ0n) is 12.1. The maximum absolute atomic E-state index is 12.4. The van der Waals surface area contributed by atoms with E-state index in [1.165, 1.54) is 4.31 Å². The topological polar surface area (TPSA) is 61.4 Å². The highest BCUT2D eigenvalue weighted by Crippen LogP contribution is 2.19. The SMILES string of the molecule is CN(Cc1ccccc1)S(=O)(=O)NC1(C)CCNCC1. The summed E-state index contributed by atoms with van der Waals surface area (Å²) in [6, 6.07) is 9.61. The van der Waals surface area contributed by atoms with Gasteiger partial charge < -0.3 is 5.32 Å². The number of nitrogens with zero attached hydrogens (tertiary/aromatic N) is 1. The van der Waals surface area contributed by atoms with Crippen molar-refractivity contribution >= 4 is 10.2 Å². The fourth-order valence-electron chi connectivity index (χ4n) is 2.40. The molecule has 0 bridgehead atoms. The van der Waals surface area contributed by atoms with E-state index in [9.17, 15) is 8.42 Å². The highest BCUT2D eigenvalue weighted by atomic mass is 32.2. The van der Waals surface area contributed by atoms with E-state index in [1.807, 2.05) is 37.3 Å². The molecule has 1 fully saturated rings. The lowest BCUT2D eigenvalue weighted by molar-refractivity contribution is 0.298. The van der Waals surface area contributed by atoms with Crippen LogP contribution in [0.4, 0.5) is 0 Å². The lowest BCUT2D eigenvalue weighted by Gasteiger charge is -2.35. The van der Waals surface area contributed by atoms with Crippen molar-refractivity contribution in [1.29, 1.82) is 0 Å². The second kappa shape index (κ2) is 6.22. The van der Waals surface area contributed by atoms with Crippen molar-refractivity contribution in [1.82, 2.24) is 14.3 Å². The van der Waals surface area contributed by atoms with Crippen molar-refractivity contribution in [2.24, 2.45) is 0 Å². The van der Waals surface area contributed by atoms with Crippen molar-refractivity contribution in [2.45, 2.75) is 31.8 Å². The molecule has 1 aliphatic heterocycles. The zero-order valence-corrected chi connectivity index (χ0v) is 12.9. The fourth-order valence-corrected chi connectivity index (χ4v) is 3.70. The summed E-state index contributed by atoms with van der Waals surface area (Å²) in [5.41, 5.74) is 0.630. The van der Waals surface area contributed by atoms with Crippen LogP contribution in [-0.2, 0) is 16.8 Å². The number of nitrogens with one attached hydrogen (secondary N) is 2. The van der Waals surface area contributed by atoms with Gasteiger partial charge in [0.25, 0.3) is 10.2 Å². The Balaban J connectivity index is 2.02. The van der Waals surface area contributed by atoms with E-state index in [1.54, 1.807) is 7.05 Å². The minimum atomic E-state index is -3.46. The molecule has 0 saturated carbocycles. The van der Waals surface area contributed by atoms with E-state index in [0.29, 0.717) is 6.54 Å². The zero-order chi connectivity index (χ0) is 14.6. The predicted molar refractivity (Wildman–Crippen MR) is 80.5 cm³/mol. The van der Waals surface area contributed by atoms with Crippen LogP contribution in [0.15, 0.2) is 30.3 Å². The van der Waals surface area contributed by atoms with Crippen molar-refractivity contribution in [3.8, 4) is 0 Å². The summed E-state index contributed by atoms with van der Waals surface area (Å²) in [4.78, 5) is 0. The highest BCUT2D eigenvalue weighted by molar-refractivity contribution is 7.87. The molecule has 0 radical (unpaired) electrons. The van der Waals surface area contributed by atoms with Crippen LogP contribution in [0, 0.1) is 0 Å². The van der Waals surface area contributed by atoms with Gasteiger partial charge >= 0.3 is 0 Å². The number of hydrogen-bond acceptors (Lipinski definition) is 3. The summed E-state index contributed by atoms with van der Waals surface area (Å²) in [5.74, 6) is 0. The van der Waals surface area contributed by atoms with Gasteiger partial charge in [0.1, 0.15) is 0 Å². The van der Waals surface area contributed by atoms with Gasteiger partial charge in [0, 0.05) is 19.1 Å². The number of hydrogen-bond donors (Lipinski definition) is 2. The molecule has 20 heavy (non-hydrogen) atoms. The molecule has 0 unspecified atom stereocenters. The van der Waals surface area contributed by atoms with Gasteiger partial charge in [-0.05, 0) is 38.4 Å². The van der Waals surface area contributed by atoms with Crippen molar-refractivity contribution in [2.75, 3.05) is 20.1 Å². The standard InChI is InChI=1S/C14H23N3O2S/c1-14(8-10-15-11-9-14)16-20(18,19)17(2)12-13-6-4-3-5-7-13/h3-7,15-16H,8-12H2,1-2H3. The first-order valence-electron chi connectivity index (χ1n) is 6.91. The van der Waals surface area contributed by atoms with Crippen molar-refractivity contribution in [3.63, 3.8) is 0 Å². The predicted octanol–water partition coefficient (Wildman–Crippen LogP) is 1.09. The molecule has 6 heteroatoms. The Hall–Kier alpha value is -0.950. The molecule has 0 aromatic heterocycles. The fraction of sp³-hybridized carbons (Fsp3) is 0.571. The van der Waals surface area contributed by atoms with Gasteiger partial charge in [-0.25, -0.2) is 0 Å². The van der Waals surface area contributed by atoms with Gasteiger partial charge in [0.2, 0.25) is 0 Å². The van der Waals surface area contributed by atoms with Crippen LogP contribution in [0.5, 0.6) is 0 Å². The lowest BCUT2D eigenvalue weighted by atomic mass is 9.92. The van der Waals surface area contributed by atoms with E-state index >= 15 is 0 Å². The first-order chi connectivity index (χ1) is 9.41. The van der Waals surface area contributed by atoms with Gasteiger partial charge in [0.05, 0.1) is 0 Å². The van der Waals surface area contributed by atoms with Crippen LogP contribution in [0.2, 0.25) is 0 Å². The molecule has 2 N–H and O–H groups in total. The average molecular weight is 297 g/mol. The second-order valence-electron chi connectivity index (χ2n) is 5.66. The summed E-state index contributed by atoms with van der Waals surface area (Å²) in [6.45, 7) is 4.05. The number of benzene rings is 1. The Labute approximate surface area is 121 Å². The normalized spacial score (nSPS) is 19.1. The Morgan fingerprint density at radius 3 is 2.45 bits per heavy atom. The van der Waals surface area contributed by atoms with Crippen LogP contribution in [0.3, 0.4) is 0 Å². The summed E-state index contributed by atoms with van der Waals surface area (Å²) in [7, 11) is -1.85. The molecule has 1 aromatic carbocycles. The van der Waals surface area contributed by atoms with Crippen molar-refractivity contribution in [3.05, 3.63) is 35.9 Å². The monoisotopic (exact) mass is 297 g/mol. The number of rotatable bonds is 5. The second-order valence-corrected chi connectivity index (χ2v) is 7.44. The van der Waals surface area contributed by atoms with Gasteiger partial charge in [-0.3, -0.25) is 0 Å². The number of piperidine rings is 1. The summed E-state index contributed by atoms with van der Waals surface area (Å²) < 4.78 is 29.0. The van der Waals surface area contributed by atoms with Gasteiger partial charge in [0.15, 0.2) is 0 Å². The minimum absolute atomic E-state index is 0.352. The summed E-state index contributed by atoms with van der Waals surface area (Å²) in [5, 5.41) is 3.25. The van der Waals surface area contributed by atoms with E-state index in [-0.39, 0.29) is 5.54 Å². The van der Waals surface area contributed by atoms with E-state index in [0.717, 1.165) is 31.5 Å². The Morgan fingerprint density at radius 1 is 1.25 bits per heavy atom. The highest BCUT2D eigenvalue weighted by Gasteiger charge is 2.33. The molecule has 1 heterocycles. The molecule has 1 saturated heterocycles. The smallest absolute Gasteiger partial charge is 0.279 e. The molecule has 0 atom stereocenters. The molecule has 0 spiro atoms. The maximum atomic E-state index is 12.4. The Kier molecular flexibility index (Phi) is 4.80. The molecule has 1 aliphatic rings. The first kappa shape index (κ1) is 15.4. The summed E-state index contributed by atoms with van der Waals surface area (Å²) >= 11 is 0. The molecule has 5 nitrogen and oxygen atoms in total. The third-order valence-electron chi connectivity index (χ3n) is 3.74. The van der Waals surface area contributed by atoms with Crippen LogP contribution in [-0.4, -0.2) is 38.4 Å². The van der Waals surface area contributed by atoms with Crippen molar-refractivity contribution < 1.29 is 8.42 Å². The minimum Gasteiger partial charge on any atom is -0.317 e. The van der Waals surface area contributed by atoms with Gasteiger partial charge in [-0.1, -0.05) is 30.3 Å². The van der Waals surface area contributed by atoms with Crippen LogP contribution < -0.4 is 10.0 Å². The molecular weight excluding hydrogens is 274 g/mol. The molecule has 2 rings (SSSR count). The van der Waals surface area contributed by atoms with Crippen LogP contribution >= 0.6 is 0 Å². The van der Waals surface area contributed by atoms with Crippen LogP contribution in [0.25, 0.3) is 0 Å². The molecule has 0 aliphatic carbocycles. The van der Waals surface area contributed by atoms with E-state index < -0.39 is 10.2 Å². The largest absolute Gasteiger partial charge is 0.317 e. The third kappa shape index (κ3) is 4.02. The van der Waals surface area contributed by atoms with E-state index in [2.05, 4.69) is 10.0 Å². The Bertz CT molecular complexity index is 525. The molecule has 112 valence electrons. The Morgan fingerprint density at radius 2 is 1.85 bits per heavy atom. The average Bonchev–Trinajstić information content (AvgIpc) is 2.39. The molecule has 1 aromatic rings. The molecule has 0 amide bonds. The third-order valence-corrected chi connectivity index (χ3v) is 5.44. The quantitative estimate of drug-likeness (QED) is 0.855. The maximum Gasteiger partial charge on any atom is 0.279 e. The van der Waals surface area contributed by atoms with Crippen LogP contribution in [0.1, 0.15) is 25.3 Å². The lowest BCUT2D eigenvalue weighted by Crippen LogP contribution is -2.55. The van der Waals surface area contributed by atoms with E-state index in [4.69, 9.17) is 0 Å². The van der Waals surface area contributed by atoms with Gasteiger partial charge in [-0.2, -0.15) is 17.4 Å². The first-order valence-corrected chi connectivity index (χ1v) is 8.35. The summed E-state index contributed by atoms with van der Waals surface area (Å²) in [6.07, 6.45) is 1.62. The molecular formula is C14H23N3O2S.